The molecule has 0 atom stereocenters. The summed E-state index contributed by atoms with van der Waals surface area (Å²) in [5.41, 5.74) is 9.62. The van der Waals surface area contributed by atoms with E-state index in [1.807, 2.05) is 0 Å². The molecule has 0 aromatic heterocycles. The van der Waals surface area contributed by atoms with Crippen molar-refractivity contribution < 1.29 is 23.3 Å². The number of benzene rings is 6. The van der Waals surface area contributed by atoms with Crippen molar-refractivity contribution >= 4 is 74.8 Å². The molecular formula is C48H50Cl2SiZr-4. The van der Waals surface area contributed by atoms with Crippen LogP contribution in [0.25, 0.3) is 65.3 Å². The third-order valence-corrected chi connectivity index (χ3v) is 9.58. The molecule has 0 bridgehead atoms. The molecule has 0 saturated heterocycles. The van der Waals surface area contributed by atoms with Crippen LogP contribution in [-0.4, -0.2) is 6.88 Å². The predicted octanol–water partition coefficient (Wildman–Crippen LogP) is 14.9. The molecule has 4 heteroatoms. The number of unbranched alkanes of at least 4 members (excludes halogenated alkanes) is 1. The second-order valence-electron chi connectivity index (χ2n) is 13.0. The van der Waals surface area contributed by atoms with Gasteiger partial charge in [0, 0.05) is 0 Å². The molecule has 2 radical (unpaired) electrons. The average molecular weight is 817 g/mol. The summed E-state index contributed by atoms with van der Waals surface area (Å²) >= 11 is 1.36. The van der Waals surface area contributed by atoms with Gasteiger partial charge in [-0.2, -0.15) is 12.1 Å². The van der Waals surface area contributed by atoms with Gasteiger partial charge in [0.2, 0.25) is 0 Å². The summed E-state index contributed by atoms with van der Waals surface area (Å²) in [6.07, 6.45) is 3.69. The number of halogens is 2. The molecule has 8 aromatic rings. The molecule has 0 aliphatic heterocycles. The molecule has 0 unspecified atom stereocenters. The van der Waals surface area contributed by atoms with E-state index in [0.29, 0.717) is 5.92 Å². The first kappa shape index (κ1) is 44.9. The zero-order chi connectivity index (χ0) is 33.6. The molecule has 52 heavy (non-hydrogen) atoms. The Morgan fingerprint density at radius 1 is 0.577 bits per heavy atom. The molecule has 0 saturated carbocycles. The van der Waals surface area contributed by atoms with Crippen molar-refractivity contribution in [3.05, 3.63) is 171 Å². The fourth-order valence-corrected chi connectivity index (χ4v) is 7.01. The van der Waals surface area contributed by atoms with Crippen LogP contribution in [0.1, 0.15) is 56.2 Å². The van der Waals surface area contributed by atoms with Crippen molar-refractivity contribution in [3.8, 4) is 22.3 Å². The Labute approximate surface area is 341 Å². The third-order valence-electron chi connectivity index (χ3n) is 9.58. The number of rotatable bonds is 6. The Balaban J connectivity index is 0.000000321. The Bertz CT molecular complexity index is 2320. The number of aryl methyl sites for hydroxylation is 2. The van der Waals surface area contributed by atoms with E-state index < -0.39 is 0 Å². The summed E-state index contributed by atoms with van der Waals surface area (Å²) in [4.78, 5) is 0. The summed E-state index contributed by atoms with van der Waals surface area (Å²) in [6, 6.07) is 51.2. The zero-order valence-electron chi connectivity index (χ0n) is 31.3. The van der Waals surface area contributed by atoms with Gasteiger partial charge in [-0.15, -0.1) is 93.4 Å². The van der Waals surface area contributed by atoms with Gasteiger partial charge in [-0.25, -0.2) is 0 Å². The average Bonchev–Trinajstić information content (AvgIpc) is 3.78. The molecular weight excluding hydrogens is 767 g/mol. The van der Waals surface area contributed by atoms with Crippen LogP contribution < -0.4 is 0 Å². The van der Waals surface area contributed by atoms with Gasteiger partial charge in [-0.3, -0.25) is 0 Å². The topological polar surface area (TPSA) is 0 Å². The molecule has 0 amide bonds. The van der Waals surface area contributed by atoms with Gasteiger partial charge < -0.3 is 14.9 Å². The Kier molecular flexibility index (Phi) is 18.0. The summed E-state index contributed by atoms with van der Waals surface area (Å²) < 4.78 is 0. The summed E-state index contributed by atoms with van der Waals surface area (Å²) in [5, 5.41) is 10.8. The van der Waals surface area contributed by atoms with Gasteiger partial charge in [0.1, 0.15) is 0 Å². The van der Waals surface area contributed by atoms with Crippen LogP contribution in [0.5, 0.6) is 0 Å². The minimum atomic E-state index is 0. The van der Waals surface area contributed by atoms with Crippen molar-refractivity contribution in [2.45, 2.75) is 52.9 Å². The van der Waals surface area contributed by atoms with E-state index in [9.17, 15) is 0 Å². The van der Waals surface area contributed by atoms with Gasteiger partial charge in [0.25, 0.3) is 0 Å². The van der Waals surface area contributed by atoms with Crippen molar-refractivity contribution in [1.82, 2.24) is 0 Å². The molecule has 0 heterocycles. The van der Waals surface area contributed by atoms with Crippen molar-refractivity contribution in [3.63, 3.8) is 0 Å². The quantitative estimate of drug-likeness (QED) is 0.116. The summed E-state index contributed by atoms with van der Waals surface area (Å²) in [7, 11) is 0. The van der Waals surface area contributed by atoms with Crippen LogP contribution >= 0.6 is 24.8 Å². The van der Waals surface area contributed by atoms with E-state index in [-0.39, 0.29) is 39.7 Å². The van der Waals surface area contributed by atoms with Gasteiger partial charge in [-0.1, -0.05) is 149 Å². The zero-order valence-corrected chi connectivity index (χ0v) is 36.4. The third kappa shape index (κ3) is 9.45. The fourth-order valence-electron chi connectivity index (χ4n) is 7.01. The monoisotopic (exact) mass is 814 g/mol. The fraction of sp³-hybridized carbons (Fsp3) is 0.167. The molecule has 8 rings (SSSR count). The molecule has 0 fully saturated rings. The van der Waals surface area contributed by atoms with Crippen LogP contribution in [0.15, 0.2) is 140 Å². The van der Waals surface area contributed by atoms with E-state index in [2.05, 4.69) is 174 Å². The standard InChI is InChI=1S/C24H23.C22H19.2CH3.2ClH.Si.Zr/c1-3-4-8-18-15-23-17(2)13-14-22(24(23)16-18)21-12-7-10-19-9-5-6-11-20(19)21;1-15(2)18-13-17-9-6-12-21(22(17)14-18)20-11-5-8-16-7-3-4-10-19(16)20;;;;;;/h5-7,9-16H,3-4,8H2,1-2H3;3-15H,1-2H3;2*1H3;2*1H;;/q4*-1;;;;. The van der Waals surface area contributed by atoms with Crippen molar-refractivity contribution in [2.75, 3.05) is 0 Å². The Morgan fingerprint density at radius 2 is 1.08 bits per heavy atom. The van der Waals surface area contributed by atoms with Gasteiger partial charge in [0.05, 0.1) is 0 Å². The van der Waals surface area contributed by atoms with Crippen LogP contribution in [0.3, 0.4) is 0 Å². The first-order chi connectivity index (χ1) is 23.5. The molecule has 0 spiro atoms. The number of hydrogen-bond acceptors (Lipinski definition) is 0. The Morgan fingerprint density at radius 3 is 1.63 bits per heavy atom. The molecule has 8 aromatic carbocycles. The summed E-state index contributed by atoms with van der Waals surface area (Å²) in [6.45, 7) is 12.1. The van der Waals surface area contributed by atoms with Crippen LogP contribution in [-0.2, 0) is 29.8 Å². The van der Waals surface area contributed by atoms with Crippen molar-refractivity contribution in [2.24, 2.45) is 0 Å². The van der Waals surface area contributed by atoms with Gasteiger partial charge in [-0.05, 0) is 45.0 Å². The normalized spacial score (nSPS) is 10.2. The van der Waals surface area contributed by atoms with Crippen LogP contribution in [0.2, 0.25) is 0 Å². The molecule has 0 aliphatic carbocycles. The maximum absolute atomic E-state index is 3.06. The first-order valence-corrected chi connectivity index (χ1v) is 21.3. The van der Waals surface area contributed by atoms with E-state index in [1.165, 1.54) is 125 Å². The van der Waals surface area contributed by atoms with E-state index >= 15 is 0 Å². The SMILES string of the molecule is CC(C)c1cc2c(-c3cccc4ccccc34)cccc2[cH-]1.CCCCc1cc2c(-c3cccc4ccccc34)ccc(C)c2[cH-]1.Cl.Cl.[CH3-].[CH3-].[Si]=[Zr]. The molecule has 268 valence electrons. The number of hydrogen-bond donors (Lipinski definition) is 0. The first-order valence-electron chi connectivity index (χ1n) is 17.1. The predicted molar refractivity (Wildman–Crippen MR) is 235 cm³/mol. The van der Waals surface area contributed by atoms with Crippen molar-refractivity contribution in [1.29, 1.82) is 0 Å². The van der Waals surface area contributed by atoms with E-state index in [4.69, 9.17) is 0 Å². The van der Waals surface area contributed by atoms with Gasteiger partial charge in [0.15, 0.2) is 0 Å². The second kappa shape index (κ2) is 20.8. The van der Waals surface area contributed by atoms with Gasteiger partial charge >= 0.3 is 30.2 Å². The molecule has 0 aliphatic rings. The summed E-state index contributed by atoms with van der Waals surface area (Å²) in [5.74, 6) is 0.563. The minimum absolute atomic E-state index is 0. The van der Waals surface area contributed by atoms with E-state index in [0.717, 1.165) is 0 Å². The number of fused-ring (bicyclic) bond motifs is 4. The molecule has 0 N–H and O–H groups in total. The van der Waals surface area contributed by atoms with E-state index in [1.54, 1.807) is 0 Å². The van der Waals surface area contributed by atoms with Crippen LogP contribution in [0, 0.1) is 21.8 Å². The maximum atomic E-state index is 3.06. The molecule has 0 nitrogen and oxygen atoms in total. The van der Waals surface area contributed by atoms with Crippen LogP contribution in [0.4, 0.5) is 0 Å². The second-order valence-corrected chi connectivity index (χ2v) is 13.0. The Hall–Kier alpha value is -3.26.